The van der Waals surface area contributed by atoms with Crippen molar-refractivity contribution in [2.75, 3.05) is 0 Å². The molecule has 0 saturated heterocycles. The fraction of sp³-hybridized carbons (Fsp3) is 0. The number of nitrogens with zero attached hydrogens (tertiary/aromatic N) is 2. The van der Waals surface area contributed by atoms with Crippen LogP contribution in [0.2, 0.25) is 0 Å². The third-order valence-electron chi connectivity index (χ3n) is 15.7. The molecule has 0 bridgehead atoms. The van der Waals surface area contributed by atoms with Crippen molar-refractivity contribution in [2.24, 2.45) is 0 Å². The molecule has 0 radical (unpaired) electrons. The lowest BCUT2D eigenvalue weighted by Gasteiger charge is -2.12. The van der Waals surface area contributed by atoms with Crippen molar-refractivity contribution in [1.29, 1.82) is 0 Å². The highest BCUT2D eigenvalue weighted by Crippen LogP contribution is 2.44. The summed E-state index contributed by atoms with van der Waals surface area (Å²) in [4.78, 5) is 0. The van der Waals surface area contributed by atoms with Crippen LogP contribution in [0, 0.1) is 0 Å². The van der Waals surface area contributed by atoms with Gasteiger partial charge in [-0.15, -0.1) is 22.7 Å². The Morgan fingerprint density at radius 2 is 0.632 bits per heavy atom. The second-order valence-corrected chi connectivity index (χ2v) is 22.2. The van der Waals surface area contributed by atoms with Gasteiger partial charge in [-0.25, -0.2) is 0 Å². The van der Waals surface area contributed by atoms with Gasteiger partial charge < -0.3 is 9.13 Å². The largest absolute Gasteiger partial charge is 0.309 e. The lowest BCUT2D eigenvalue weighted by Crippen LogP contribution is -1.94. The predicted octanol–water partition coefficient (Wildman–Crippen LogP) is 21.0. The summed E-state index contributed by atoms with van der Waals surface area (Å²) in [6.07, 6.45) is 0. The molecule has 4 heterocycles. The molecule has 76 heavy (non-hydrogen) atoms. The van der Waals surface area contributed by atoms with E-state index in [1.165, 1.54) is 140 Å². The van der Waals surface area contributed by atoms with Crippen molar-refractivity contribution < 1.29 is 0 Å². The molecule has 0 aliphatic carbocycles. The SMILES string of the molecule is c1cc(-c2cccc(-n3c4ccccc4c4ccccc43)c2)cc(-c2ccc3sc4cc(-c5ccc6c(c5)c5ccccc5n6-c5cccc(-c6cccc(-c7cccc8c7sc7ccccc78)c6)c5)ccc4c3c2)c1. The van der Waals surface area contributed by atoms with Crippen LogP contribution in [0.5, 0.6) is 0 Å². The maximum absolute atomic E-state index is 2.44. The van der Waals surface area contributed by atoms with Crippen LogP contribution >= 0.6 is 22.7 Å². The van der Waals surface area contributed by atoms with Crippen LogP contribution in [0.4, 0.5) is 0 Å². The second kappa shape index (κ2) is 17.1. The first-order valence-electron chi connectivity index (χ1n) is 26.0. The quantitative estimate of drug-likeness (QED) is 0.151. The van der Waals surface area contributed by atoms with E-state index in [1.807, 2.05) is 22.7 Å². The molecule has 0 aliphatic rings. The van der Waals surface area contributed by atoms with Gasteiger partial charge in [-0.1, -0.05) is 176 Å². The van der Waals surface area contributed by atoms with Gasteiger partial charge in [0.25, 0.3) is 0 Å². The van der Waals surface area contributed by atoms with Crippen LogP contribution < -0.4 is 0 Å². The highest BCUT2D eigenvalue weighted by Gasteiger charge is 2.18. The first-order valence-corrected chi connectivity index (χ1v) is 27.6. The van der Waals surface area contributed by atoms with E-state index in [-0.39, 0.29) is 0 Å². The van der Waals surface area contributed by atoms with Gasteiger partial charge in [-0.2, -0.15) is 0 Å². The standard InChI is InChI=1S/C72H44N2S2/c1-5-28-65-57(22-1)58-23-2-6-29-66(58)73(65)54-20-11-17-48(40-54)45-14-9-15-46(38-45)51-34-37-70-64(43-51)61-35-32-52(44-71(61)75-70)50-33-36-68-63(42-50)59-24-3-7-30-67(59)74(68)55-21-12-18-49(41-55)47-16-10-19-53(39-47)56-26-13-27-62-60-25-4-8-31-69(60)76-72(56)62/h1-44H. The zero-order valence-electron chi connectivity index (χ0n) is 41.1. The Balaban J connectivity index is 0.719. The maximum atomic E-state index is 2.44. The number of hydrogen-bond donors (Lipinski definition) is 0. The molecule has 0 unspecified atom stereocenters. The molecule has 0 spiro atoms. The fourth-order valence-corrected chi connectivity index (χ4v) is 14.5. The third-order valence-corrected chi connectivity index (χ3v) is 18.1. The number of benzene rings is 12. The highest BCUT2D eigenvalue weighted by molar-refractivity contribution is 7.26. The lowest BCUT2D eigenvalue weighted by molar-refractivity contribution is 1.18. The van der Waals surface area contributed by atoms with Crippen LogP contribution in [-0.4, -0.2) is 9.13 Å². The van der Waals surface area contributed by atoms with E-state index in [1.54, 1.807) is 0 Å². The molecule has 16 aromatic rings. The molecule has 0 saturated carbocycles. The number of hydrogen-bond acceptors (Lipinski definition) is 2. The summed E-state index contributed by atoms with van der Waals surface area (Å²) in [6.45, 7) is 0. The van der Waals surface area contributed by atoms with Crippen LogP contribution in [0.15, 0.2) is 267 Å². The summed E-state index contributed by atoms with van der Waals surface area (Å²) in [7, 11) is 0. The van der Waals surface area contributed by atoms with Crippen LogP contribution in [0.3, 0.4) is 0 Å². The Morgan fingerprint density at radius 1 is 0.211 bits per heavy atom. The Morgan fingerprint density at radius 3 is 1.29 bits per heavy atom. The molecular weight excluding hydrogens is 957 g/mol. The van der Waals surface area contributed by atoms with Crippen LogP contribution in [0.1, 0.15) is 0 Å². The smallest absolute Gasteiger partial charge is 0.0541 e. The Bertz CT molecular complexity index is 4970. The lowest BCUT2D eigenvalue weighted by atomic mass is 9.97. The Labute approximate surface area is 446 Å². The van der Waals surface area contributed by atoms with Crippen molar-refractivity contribution in [1.82, 2.24) is 9.13 Å². The number of fused-ring (bicyclic) bond motifs is 12. The summed E-state index contributed by atoms with van der Waals surface area (Å²) in [6, 6.07) is 98.9. The minimum atomic E-state index is 1.15. The van der Waals surface area contributed by atoms with Gasteiger partial charge in [0.1, 0.15) is 0 Å². The number of para-hydroxylation sites is 3. The normalized spacial score (nSPS) is 11.9. The molecule has 2 nitrogen and oxygen atoms in total. The predicted molar refractivity (Wildman–Crippen MR) is 328 cm³/mol. The van der Waals surface area contributed by atoms with Gasteiger partial charge in [-0.05, 0) is 147 Å². The van der Waals surface area contributed by atoms with E-state index in [9.17, 15) is 0 Å². The van der Waals surface area contributed by atoms with E-state index in [4.69, 9.17) is 0 Å². The summed E-state index contributed by atoms with van der Waals surface area (Å²) < 4.78 is 10.1. The van der Waals surface area contributed by atoms with Gasteiger partial charge in [0, 0.05) is 73.3 Å². The molecule has 4 heteroatoms. The van der Waals surface area contributed by atoms with E-state index in [0.717, 1.165) is 11.4 Å². The van der Waals surface area contributed by atoms with Crippen LogP contribution in [0.25, 0.3) is 151 Å². The van der Waals surface area contributed by atoms with Gasteiger partial charge in [0.05, 0.1) is 22.1 Å². The van der Waals surface area contributed by atoms with E-state index in [2.05, 4.69) is 276 Å². The van der Waals surface area contributed by atoms with Gasteiger partial charge in [0.15, 0.2) is 0 Å². The molecule has 0 fully saturated rings. The van der Waals surface area contributed by atoms with Gasteiger partial charge in [0.2, 0.25) is 0 Å². The number of rotatable bonds is 7. The van der Waals surface area contributed by atoms with E-state index >= 15 is 0 Å². The van der Waals surface area contributed by atoms with E-state index < -0.39 is 0 Å². The van der Waals surface area contributed by atoms with Crippen LogP contribution in [-0.2, 0) is 0 Å². The van der Waals surface area contributed by atoms with Crippen molar-refractivity contribution in [3.63, 3.8) is 0 Å². The summed E-state index contributed by atoms with van der Waals surface area (Å²) in [5.41, 5.74) is 19.3. The van der Waals surface area contributed by atoms with Crippen molar-refractivity contribution in [3.05, 3.63) is 267 Å². The molecule has 16 rings (SSSR count). The number of aromatic nitrogens is 2. The topological polar surface area (TPSA) is 9.86 Å². The van der Waals surface area contributed by atoms with Crippen molar-refractivity contribution >= 4 is 107 Å². The first-order chi connectivity index (χ1) is 37.6. The maximum Gasteiger partial charge on any atom is 0.0541 e. The van der Waals surface area contributed by atoms with Crippen molar-refractivity contribution in [3.8, 4) is 67.0 Å². The fourth-order valence-electron chi connectivity index (χ4n) is 12.1. The molecule has 0 atom stereocenters. The summed E-state index contributed by atoms with van der Waals surface area (Å²) in [5, 5.41) is 10.3. The van der Waals surface area contributed by atoms with Gasteiger partial charge >= 0.3 is 0 Å². The molecule has 0 amide bonds. The summed E-state index contributed by atoms with van der Waals surface area (Å²) in [5.74, 6) is 0. The van der Waals surface area contributed by atoms with Crippen molar-refractivity contribution in [2.45, 2.75) is 0 Å². The third kappa shape index (κ3) is 6.85. The molecule has 0 aliphatic heterocycles. The molecule has 12 aromatic carbocycles. The molecule has 4 aromatic heterocycles. The second-order valence-electron chi connectivity index (χ2n) is 20.0. The summed E-state index contributed by atoms with van der Waals surface area (Å²) >= 11 is 3.76. The van der Waals surface area contributed by atoms with E-state index in [0.29, 0.717) is 0 Å². The number of thiophene rings is 2. The van der Waals surface area contributed by atoms with Gasteiger partial charge in [-0.3, -0.25) is 0 Å². The average molecular weight is 1000 g/mol. The monoisotopic (exact) mass is 1000 g/mol. The zero-order valence-corrected chi connectivity index (χ0v) is 42.7. The zero-order chi connectivity index (χ0) is 49.8. The highest BCUT2D eigenvalue weighted by atomic mass is 32.1. The minimum Gasteiger partial charge on any atom is -0.309 e. The minimum absolute atomic E-state index is 1.15. The first kappa shape index (κ1) is 43.1. The molecule has 354 valence electrons. The Kier molecular flexibility index (Phi) is 9.71. The molecular formula is C72H44N2S2. The average Bonchev–Trinajstić information content (AvgIpc) is 4.26. The molecule has 0 N–H and O–H groups in total. The Hall–Kier alpha value is -9.32.